The lowest BCUT2D eigenvalue weighted by atomic mass is 9.90. The van der Waals surface area contributed by atoms with Crippen LogP contribution in [0.2, 0.25) is 0 Å². The number of ketones is 1. The first-order valence-electron chi connectivity index (χ1n) is 14.1. The quantitative estimate of drug-likeness (QED) is 0.144. The normalized spacial score (nSPS) is 18.6. The number of hydrogen-bond donors (Lipinski definition) is 4. The van der Waals surface area contributed by atoms with Crippen molar-refractivity contribution in [3.05, 3.63) is 34.9 Å². The first kappa shape index (κ1) is 34.6. The van der Waals surface area contributed by atoms with E-state index < -0.39 is 41.4 Å². The number of epoxide rings is 1. The molecule has 4 unspecified atom stereocenters. The second-order valence-corrected chi connectivity index (χ2v) is 11.6. The number of amides is 4. The summed E-state index contributed by atoms with van der Waals surface area (Å²) in [4.78, 5) is 70.3. The molecule has 42 heavy (non-hydrogen) atoms. The molecule has 0 aliphatic carbocycles. The minimum Gasteiger partial charge on any atom is -0.369 e. The second kappa shape index (κ2) is 16.2. The van der Waals surface area contributed by atoms with Gasteiger partial charge in [0.25, 0.3) is 0 Å². The Labute approximate surface area is 251 Å². The lowest BCUT2D eigenvalue weighted by molar-refractivity contribution is -0.134. The van der Waals surface area contributed by atoms with Crippen molar-refractivity contribution in [2.75, 3.05) is 25.6 Å². The molecule has 1 fully saturated rings. The van der Waals surface area contributed by atoms with Crippen LogP contribution in [0.1, 0.15) is 64.7 Å². The number of thiazole rings is 1. The molecule has 0 bridgehead atoms. The van der Waals surface area contributed by atoms with E-state index in [1.54, 1.807) is 39.1 Å². The van der Waals surface area contributed by atoms with Crippen molar-refractivity contribution >= 4 is 45.9 Å². The SMILES string of the molecule is CC=CCC(NC(=O)C(C)NC(=O)Cc1cnc(N(C)C)s1)C(=O)NC(CC)C(=O)C1(CCC(=CC)CC(N)=O)CO1. The summed E-state index contributed by atoms with van der Waals surface area (Å²) in [5, 5.41) is 8.92. The largest absolute Gasteiger partial charge is 0.369 e. The highest BCUT2D eigenvalue weighted by atomic mass is 32.1. The molecule has 2 heterocycles. The number of rotatable bonds is 18. The van der Waals surface area contributed by atoms with Crippen molar-refractivity contribution in [1.29, 1.82) is 0 Å². The monoisotopic (exact) mass is 604 g/mol. The van der Waals surface area contributed by atoms with Crippen molar-refractivity contribution < 1.29 is 28.7 Å². The van der Waals surface area contributed by atoms with E-state index in [-0.39, 0.29) is 37.6 Å². The van der Waals surface area contributed by atoms with Crippen molar-refractivity contribution in [1.82, 2.24) is 20.9 Å². The molecule has 1 aliphatic heterocycles. The number of hydrogen-bond acceptors (Lipinski definition) is 9. The third kappa shape index (κ3) is 10.4. The smallest absolute Gasteiger partial charge is 0.243 e. The first-order valence-corrected chi connectivity index (χ1v) is 14.9. The predicted molar refractivity (Wildman–Crippen MR) is 162 cm³/mol. The average molecular weight is 605 g/mol. The van der Waals surface area contributed by atoms with E-state index in [2.05, 4.69) is 20.9 Å². The van der Waals surface area contributed by atoms with Crippen LogP contribution in [0.15, 0.2) is 30.0 Å². The van der Waals surface area contributed by atoms with Crippen LogP contribution in [0.3, 0.4) is 0 Å². The van der Waals surface area contributed by atoms with Gasteiger partial charge in [-0.1, -0.05) is 30.7 Å². The summed E-state index contributed by atoms with van der Waals surface area (Å²) in [5.74, 6) is -2.07. The maximum absolute atomic E-state index is 13.4. The number of Topliss-reactive ketones (excluding diaryl/α,β-unsaturated/α-hetero) is 1. The van der Waals surface area contributed by atoms with E-state index in [1.807, 2.05) is 32.0 Å². The molecule has 1 aromatic heterocycles. The topological polar surface area (TPSA) is 176 Å². The molecule has 0 aromatic carbocycles. The molecular weight excluding hydrogens is 560 g/mol. The van der Waals surface area contributed by atoms with Crippen LogP contribution in [0.4, 0.5) is 5.13 Å². The Hall–Kier alpha value is -3.58. The molecule has 4 amide bonds. The van der Waals surface area contributed by atoms with Gasteiger partial charge in [0.05, 0.1) is 19.1 Å². The number of nitrogens with two attached hydrogens (primary N) is 1. The van der Waals surface area contributed by atoms with E-state index in [0.717, 1.165) is 15.6 Å². The van der Waals surface area contributed by atoms with Crippen molar-refractivity contribution in [2.45, 2.75) is 89.9 Å². The maximum Gasteiger partial charge on any atom is 0.243 e. The summed E-state index contributed by atoms with van der Waals surface area (Å²) in [6.45, 7) is 7.16. The summed E-state index contributed by atoms with van der Waals surface area (Å²) in [5.41, 5.74) is 5.11. The highest BCUT2D eigenvalue weighted by Crippen LogP contribution is 2.36. The van der Waals surface area contributed by atoms with Crippen molar-refractivity contribution in [3.8, 4) is 0 Å². The van der Waals surface area contributed by atoms with E-state index >= 15 is 0 Å². The van der Waals surface area contributed by atoms with Crippen molar-refractivity contribution in [2.24, 2.45) is 5.73 Å². The summed E-state index contributed by atoms with van der Waals surface area (Å²) >= 11 is 1.39. The fourth-order valence-electron chi connectivity index (χ4n) is 4.26. The maximum atomic E-state index is 13.4. The van der Waals surface area contributed by atoms with Gasteiger partial charge >= 0.3 is 0 Å². The lowest BCUT2D eigenvalue weighted by Gasteiger charge is -2.24. The van der Waals surface area contributed by atoms with Crippen LogP contribution < -0.4 is 26.6 Å². The number of primary amides is 1. The van der Waals surface area contributed by atoms with Gasteiger partial charge in [-0.3, -0.25) is 24.0 Å². The molecule has 1 saturated heterocycles. The number of nitrogens with zero attached hydrogens (tertiary/aromatic N) is 2. The van der Waals surface area contributed by atoms with E-state index in [1.165, 1.54) is 11.3 Å². The predicted octanol–water partition coefficient (Wildman–Crippen LogP) is 1.54. The van der Waals surface area contributed by atoms with Gasteiger partial charge in [-0.15, -0.1) is 11.3 Å². The van der Waals surface area contributed by atoms with E-state index in [4.69, 9.17) is 10.5 Å². The van der Waals surface area contributed by atoms with Crippen LogP contribution in [0, 0.1) is 0 Å². The summed E-state index contributed by atoms with van der Waals surface area (Å²) in [6, 6.07) is -2.67. The Balaban J connectivity index is 1.99. The molecule has 1 aromatic rings. The number of nitrogens with one attached hydrogen (secondary N) is 3. The molecule has 1 aliphatic rings. The molecule has 232 valence electrons. The Morgan fingerprint density at radius 1 is 1.14 bits per heavy atom. The van der Waals surface area contributed by atoms with Gasteiger partial charge in [0.15, 0.2) is 16.5 Å². The number of carbonyl (C=O) groups is 5. The number of allylic oxidation sites excluding steroid dienone is 2. The van der Waals surface area contributed by atoms with Gasteiger partial charge in [0, 0.05) is 31.6 Å². The van der Waals surface area contributed by atoms with E-state index in [0.29, 0.717) is 19.3 Å². The minimum absolute atomic E-state index is 0.0772. The molecule has 4 atom stereocenters. The van der Waals surface area contributed by atoms with Crippen LogP contribution in [-0.2, 0) is 35.1 Å². The Kier molecular flexibility index (Phi) is 13.3. The fourth-order valence-corrected chi connectivity index (χ4v) is 5.09. The molecule has 0 saturated carbocycles. The lowest BCUT2D eigenvalue weighted by Crippen LogP contribution is -2.56. The average Bonchev–Trinajstić information content (AvgIpc) is 3.59. The molecular formula is C29H44N6O6S. The molecule has 0 radical (unpaired) electrons. The van der Waals surface area contributed by atoms with Crippen LogP contribution in [0.5, 0.6) is 0 Å². The van der Waals surface area contributed by atoms with Gasteiger partial charge in [-0.05, 0) is 46.5 Å². The Morgan fingerprint density at radius 2 is 1.81 bits per heavy atom. The van der Waals surface area contributed by atoms with Crippen LogP contribution in [0.25, 0.3) is 0 Å². The number of carbonyl (C=O) groups excluding carboxylic acids is 5. The summed E-state index contributed by atoms with van der Waals surface area (Å²) in [7, 11) is 3.72. The van der Waals surface area contributed by atoms with Crippen LogP contribution in [-0.4, -0.2) is 78.8 Å². The zero-order chi connectivity index (χ0) is 31.4. The minimum atomic E-state index is -1.02. The number of anilines is 1. The fraction of sp³-hybridized carbons (Fsp3) is 0.586. The molecule has 2 rings (SSSR count). The van der Waals surface area contributed by atoms with E-state index in [9.17, 15) is 24.0 Å². The third-order valence-corrected chi connectivity index (χ3v) is 8.08. The number of ether oxygens (including phenoxy) is 1. The van der Waals surface area contributed by atoms with Crippen molar-refractivity contribution in [3.63, 3.8) is 0 Å². The Morgan fingerprint density at radius 3 is 2.33 bits per heavy atom. The summed E-state index contributed by atoms with van der Waals surface area (Å²) in [6.07, 6.45) is 8.51. The standard InChI is InChI=1S/C29H44N6O6S/c1-7-10-11-22(34-26(39)18(4)32-24(37)15-20-16-31-28(42-20)35(5)6)27(40)33-21(9-3)25(38)29(17-41-29)13-12-19(8-2)14-23(30)36/h7-8,10,16,18,21-22H,9,11-15,17H2,1-6H3,(H2,30,36)(H,32,37)(H,33,40)(H,34,39). The Bertz CT molecular complexity index is 1190. The highest BCUT2D eigenvalue weighted by molar-refractivity contribution is 7.15. The van der Waals surface area contributed by atoms with Gasteiger partial charge in [-0.25, -0.2) is 4.98 Å². The van der Waals surface area contributed by atoms with Gasteiger partial charge in [0.2, 0.25) is 23.6 Å². The zero-order valence-corrected chi connectivity index (χ0v) is 26.1. The molecule has 13 heteroatoms. The van der Waals surface area contributed by atoms with Gasteiger partial charge in [0.1, 0.15) is 12.1 Å². The highest BCUT2D eigenvalue weighted by Gasteiger charge is 2.53. The zero-order valence-electron chi connectivity index (χ0n) is 25.3. The van der Waals surface area contributed by atoms with Crippen LogP contribution >= 0.6 is 11.3 Å². The summed E-state index contributed by atoms with van der Waals surface area (Å²) < 4.78 is 5.57. The second-order valence-electron chi connectivity index (χ2n) is 10.5. The first-order chi connectivity index (χ1) is 19.8. The number of aromatic nitrogens is 1. The van der Waals surface area contributed by atoms with Gasteiger partial charge < -0.3 is 31.3 Å². The molecule has 12 nitrogen and oxygen atoms in total. The third-order valence-electron chi connectivity index (χ3n) is 6.91. The van der Waals surface area contributed by atoms with Gasteiger partial charge in [-0.2, -0.15) is 0 Å². The molecule has 0 spiro atoms. The molecule has 5 N–H and O–H groups in total.